The van der Waals surface area contributed by atoms with Gasteiger partial charge in [0, 0.05) is 11.9 Å². The fourth-order valence-electron chi connectivity index (χ4n) is 1.78. The summed E-state index contributed by atoms with van der Waals surface area (Å²) in [6.45, 7) is 1.41. The summed E-state index contributed by atoms with van der Waals surface area (Å²) in [6, 6.07) is 6.57. The molecule has 2 amide bonds. The first-order chi connectivity index (χ1) is 10.0. The Morgan fingerprint density at radius 2 is 2.05 bits per heavy atom. The van der Waals surface area contributed by atoms with Crippen molar-refractivity contribution < 1.29 is 9.59 Å². The summed E-state index contributed by atoms with van der Waals surface area (Å²) in [5.74, 6) is -0.459. The molecule has 0 aliphatic carbocycles. The van der Waals surface area contributed by atoms with E-state index >= 15 is 0 Å². The second kappa shape index (κ2) is 7.14. The maximum Gasteiger partial charge on any atom is 0.228 e. The lowest BCUT2D eigenvalue weighted by Crippen LogP contribution is -2.29. The molecule has 0 aliphatic rings. The van der Waals surface area contributed by atoms with Gasteiger partial charge in [-0.15, -0.1) is 10.2 Å². The van der Waals surface area contributed by atoms with Gasteiger partial charge in [-0.25, -0.2) is 0 Å². The Morgan fingerprint density at radius 3 is 2.62 bits per heavy atom. The zero-order valence-electron chi connectivity index (χ0n) is 11.2. The monoisotopic (exact) mass is 324 g/mol. The van der Waals surface area contributed by atoms with Gasteiger partial charge in [0.15, 0.2) is 0 Å². The van der Waals surface area contributed by atoms with E-state index < -0.39 is 6.04 Å². The quantitative estimate of drug-likeness (QED) is 0.884. The lowest BCUT2D eigenvalue weighted by Gasteiger charge is -2.17. The molecule has 1 atom stereocenters. The van der Waals surface area contributed by atoms with Crippen LogP contribution in [-0.4, -0.2) is 22.0 Å². The highest BCUT2D eigenvalue weighted by atomic mass is 35.5. The van der Waals surface area contributed by atoms with Crippen LogP contribution in [0.1, 0.15) is 24.9 Å². The highest BCUT2D eigenvalue weighted by molar-refractivity contribution is 7.13. The molecule has 0 radical (unpaired) electrons. The van der Waals surface area contributed by atoms with Crippen LogP contribution in [0.15, 0.2) is 29.8 Å². The number of hydrogen-bond acceptors (Lipinski definition) is 5. The largest absolute Gasteiger partial charge is 0.349 e. The SMILES string of the molecule is CC(=O)N[C@H](CC(=O)Nc1nncs1)c1ccc(Cl)cc1. The van der Waals surface area contributed by atoms with E-state index in [2.05, 4.69) is 20.8 Å². The molecular weight excluding hydrogens is 312 g/mol. The number of aromatic nitrogens is 2. The number of carbonyl (C=O) groups is 2. The molecule has 21 heavy (non-hydrogen) atoms. The number of benzene rings is 1. The molecule has 1 aromatic carbocycles. The van der Waals surface area contributed by atoms with Crippen molar-refractivity contribution in [2.24, 2.45) is 0 Å². The Hall–Kier alpha value is -1.99. The van der Waals surface area contributed by atoms with Crippen molar-refractivity contribution in [3.05, 3.63) is 40.4 Å². The molecule has 8 heteroatoms. The van der Waals surface area contributed by atoms with Crippen molar-refractivity contribution in [1.82, 2.24) is 15.5 Å². The molecule has 0 bridgehead atoms. The molecule has 2 N–H and O–H groups in total. The average Bonchev–Trinajstić information content (AvgIpc) is 2.91. The maximum atomic E-state index is 12.0. The van der Waals surface area contributed by atoms with Crippen LogP contribution in [-0.2, 0) is 9.59 Å². The molecule has 2 rings (SSSR count). The molecule has 6 nitrogen and oxygen atoms in total. The van der Waals surface area contributed by atoms with Gasteiger partial charge in [-0.3, -0.25) is 9.59 Å². The van der Waals surface area contributed by atoms with Gasteiger partial charge >= 0.3 is 0 Å². The predicted molar refractivity (Wildman–Crippen MR) is 81.2 cm³/mol. The number of amides is 2. The van der Waals surface area contributed by atoms with Gasteiger partial charge in [-0.1, -0.05) is 35.1 Å². The van der Waals surface area contributed by atoms with Gasteiger partial charge < -0.3 is 10.6 Å². The first-order valence-corrected chi connectivity index (χ1v) is 7.39. The van der Waals surface area contributed by atoms with Gasteiger partial charge in [0.2, 0.25) is 16.9 Å². The Balaban J connectivity index is 2.07. The molecule has 1 aromatic heterocycles. The van der Waals surface area contributed by atoms with Crippen molar-refractivity contribution in [3.8, 4) is 0 Å². The minimum atomic E-state index is -0.423. The minimum Gasteiger partial charge on any atom is -0.349 e. The number of hydrogen-bond donors (Lipinski definition) is 2. The second-order valence-electron chi connectivity index (χ2n) is 4.30. The third kappa shape index (κ3) is 4.80. The molecule has 0 aliphatic heterocycles. The lowest BCUT2D eigenvalue weighted by molar-refractivity contribution is -0.120. The topological polar surface area (TPSA) is 84.0 Å². The van der Waals surface area contributed by atoms with Crippen LogP contribution < -0.4 is 10.6 Å². The summed E-state index contributed by atoms with van der Waals surface area (Å²) in [6.07, 6.45) is 0.0980. The normalized spacial score (nSPS) is 11.7. The van der Waals surface area contributed by atoms with Gasteiger partial charge in [0.05, 0.1) is 12.5 Å². The molecule has 0 fully saturated rings. The molecule has 110 valence electrons. The number of anilines is 1. The van der Waals surface area contributed by atoms with E-state index in [9.17, 15) is 9.59 Å². The molecule has 0 unspecified atom stereocenters. The Labute approximate surface area is 130 Å². The van der Waals surface area contributed by atoms with Crippen molar-refractivity contribution in [3.63, 3.8) is 0 Å². The minimum absolute atomic E-state index is 0.0980. The highest BCUT2D eigenvalue weighted by Crippen LogP contribution is 2.20. The molecule has 2 aromatic rings. The van der Waals surface area contributed by atoms with Crippen LogP contribution in [0, 0.1) is 0 Å². The van der Waals surface area contributed by atoms with Gasteiger partial charge in [0.1, 0.15) is 5.51 Å². The summed E-state index contributed by atoms with van der Waals surface area (Å²) in [7, 11) is 0. The zero-order chi connectivity index (χ0) is 15.2. The van der Waals surface area contributed by atoms with E-state index in [0.717, 1.165) is 5.56 Å². The third-order valence-electron chi connectivity index (χ3n) is 2.65. The summed E-state index contributed by atoms with van der Waals surface area (Å²) in [5, 5.41) is 13.8. The van der Waals surface area contributed by atoms with Crippen molar-refractivity contribution in [2.75, 3.05) is 5.32 Å². The molecule has 0 saturated heterocycles. The third-order valence-corrected chi connectivity index (χ3v) is 3.50. The van der Waals surface area contributed by atoms with E-state index in [0.29, 0.717) is 10.2 Å². The van der Waals surface area contributed by atoms with Gasteiger partial charge in [-0.05, 0) is 17.7 Å². The Bertz CT molecular complexity index is 616. The smallest absolute Gasteiger partial charge is 0.228 e. The van der Waals surface area contributed by atoms with Crippen LogP contribution in [0.5, 0.6) is 0 Å². The van der Waals surface area contributed by atoms with Crippen LogP contribution in [0.4, 0.5) is 5.13 Å². The molecule has 1 heterocycles. The first-order valence-electron chi connectivity index (χ1n) is 6.13. The van der Waals surface area contributed by atoms with Gasteiger partial charge in [-0.2, -0.15) is 0 Å². The first kappa shape index (κ1) is 15.4. The van der Waals surface area contributed by atoms with Crippen molar-refractivity contribution in [2.45, 2.75) is 19.4 Å². The number of nitrogens with one attached hydrogen (secondary N) is 2. The number of nitrogens with zero attached hydrogens (tertiary/aromatic N) is 2. The van der Waals surface area contributed by atoms with Crippen molar-refractivity contribution >= 4 is 39.9 Å². The number of rotatable bonds is 5. The van der Waals surface area contributed by atoms with Crippen LogP contribution in [0.2, 0.25) is 5.02 Å². The van der Waals surface area contributed by atoms with Crippen LogP contribution in [0.25, 0.3) is 0 Å². The maximum absolute atomic E-state index is 12.0. The van der Waals surface area contributed by atoms with E-state index in [1.165, 1.54) is 23.8 Å². The van der Waals surface area contributed by atoms with E-state index in [4.69, 9.17) is 11.6 Å². The summed E-state index contributed by atoms with van der Waals surface area (Å²) in [4.78, 5) is 23.3. The standard InChI is InChI=1S/C13H13ClN4O2S/c1-8(19)16-11(9-2-4-10(14)5-3-9)6-12(20)17-13-18-15-7-21-13/h2-5,7,11H,6H2,1H3,(H,16,19)(H,17,18,20)/t11-/m1/s1. The van der Waals surface area contributed by atoms with Gasteiger partial charge in [0.25, 0.3) is 0 Å². The zero-order valence-corrected chi connectivity index (χ0v) is 12.7. The summed E-state index contributed by atoms with van der Waals surface area (Å²) < 4.78 is 0. The van der Waals surface area contributed by atoms with Crippen LogP contribution >= 0.6 is 22.9 Å². The second-order valence-corrected chi connectivity index (χ2v) is 5.57. The lowest BCUT2D eigenvalue weighted by atomic mass is 10.0. The Kier molecular flexibility index (Phi) is 5.24. The predicted octanol–water partition coefficient (Wildman–Crippen LogP) is 2.40. The number of halogens is 1. The Morgan fingerprint density at radius 1 is 1.33 bits per heavy atom. The average molecular weight is 325 g/mol. The van der Waals surface area contributed by atoms with E-state index in [-0.39, 0.29) is 18.2 Å². The fraction of sp³-hybridized carbons (Fsp3) is 0.231. The molecule has 0 spiro atoms. The molecular formula is C13H13ClN4O2S. The molecule has 0 saturated carbocycles. The highest BCUT2D eigenvalue weighted by Gasteiger charge is 2.17. The number of carbonyl (C=O) groups excluding carboxylic acids is 2. The summed E-state index contributed by atoms with van der Waals surface area (Å²) >= 11 is 7.07. The summed E-state index contributed by atoms with van der Waals surface area (Å²) in [5.41, 5.74) is 2.34. The van der Waals surface area contributed by atoms with Crippen LogP contribution in [0.3, 0.4) is 0 Å². The van der Waals surface area contributed by atoms with E-state index in [1.807, 2.05) is 0 Å². The van der Waals surface area contributed by atoms with Crippen molar-refractivity contribution in [1.29, 1.82) is 0 Å². The fourth-order valence-corrected chi connectivity index (χ4v) is 2.36. The van der Waals surface area contributed by atoms with E-state index in [1.54, 1.807) is 24.3 Å².